The second-order valence-corrected chi connectivity index (χ2v) is 6.03. The SMILES string of the molecule is Cc1ccc(-c2c(O)c(-c3ccccc3)nn2-c2ccccc2)cc1. The Labute approximate surface area is 146 Å². The monoisotopic (exact) mass is 326 g/mol. The molecule has 0 bridgehead atoms. The number of aryl methyl sites for hydroxylation is 1. The zero-order chi connectivity index (χ0) is 17.2. The van der Waals surface area contributed by atoms with Crippen LogP contribution in [0, 0.1) is 6.92 Å². The third kappa shape index (κ3) is 2.81. The van der Waals surface area contributed by atoms with Crippen LogP contribution < -0.4 is 0 Å². The Bertz CT molecular complexity index is 988. The summed E-state index contributed by atoms with van der Waals surface area (Å²) in [6, 6.07) is 27.7. The van der Waals surface area contributed by atoms with Crippen molar-refractivity contribution in [1.82, 2.24) is 9.78 Å². The van der Waals surface area contributed by atoms with E-state index in [1.807, 2.05) is 96.5 Å². The highest BCUT2D eigenvalue weighted by Gasteiger charge is 2.20. The van der Waals surface area contributed by atoms with Crippen molar-refractivity contribution in [2.24, 2.45) is 0 Å². The summed E-state index contributed by atoms with van der Waals surface area (Å²) in [5.41, 5.74) is 5.20. The Morgan fingerprint density at radius 1 is 0.720 bits per heavy atom. The Morgan fingerprint density at radius 2 is 1.32 bits per heavy atom. The van der Waals surface area contributed by atoms with E-state index in [1.54, 1.807) is 0 Å². The fourth-order valence-corrected chi connectivity index (χ4v) is 2.93. The molecule has 25 heavy (non-hydrogen) atoms. The van der Waals surface area contributed by atoms with Gasteiger partial charge in [-0.2, -0.15) is 5.10 Å². The van der Waals surface area contributed by atoms with E-state index in [2.05, 4.69) is 0 Å². The molecule has 0 unspecified atom stereocenters. The summed E-state index contributed by atoms with van der Waals surface area (Å²) in [4.78, 5) is 0. The van der Waals surface area contributed by atoms with Crippen LogP contribution in [0.5, 0.6) is 5.75 Å². The molecule has 0 spiro atoms. The first-order chi connectivity index (χ1) is 12.2. The minimum Gasteiger partial charge on any atom is -0.504 e. The smallest absolute Gasteiger partial charge is 0.170 e. The van der Waals surface area contributed by atoms with Crippen LogP contribution in [-0.2, 0) is 0 Å². The highest BCUT2D eigenvalue weighted by molar-refractivity contribution is 5.79. The number of nitrogens with zero attached hydrogens (tertiary/aromatic N) is 2. The fourth-order valence-electron chi connectivity index (χ4n) is 2.93. The topological polar surface area (TPSA) is 38.1 Å². The maximum absolute atomic E-state index is 11.0. The van der Waals surface area contributed by atoms with E-state index in [9.17, 15) is 5.11 Å². The summed E-state index contributed by atoms with van der Waals surface area (Å²) >= 11 is 0. The van der Waals surface area contributed by atoms with Gasteiger partial charge in [0.05, 0.1) is 5.69 Å². The molecule has 1 aromatic heterocycles. The van der Waals surface area contributed by atoms with E-state index in [-0.39, 0.29) is 5.75 Å². The number of aromatic hydroxyl groups is 1. The first-order valence-corrected chi connectivity index (χ1v) is 8.24. The third-order valence-electron chi connectivity index (χ3n) is 4.23. The van der Waals surface area contributed by atoms with Gasteiger partial charge in [0.1, 0.15) is 11.4 Å². The third-order valence-corrected chi connectivity index (χ3v) is 4.23. The van der Waals surface area contributed by atoms with E-state index in [1.165, 1.54) is 5.56 Å². The quantitative estimate of drug-likeness (QED) is 0.560. The fraction of sp³-hybridized carbons (Fsp3) is 0.0455. The molecule has 0 amide bonds. The highest BCUT2D eigenvalue weighted by atomic mass is 16.3. The van der Waals surface area contributed by atoms with Gasteiger partial charge in [-0.15, -0.1) is 0 Å². The first kappa shape index (κ1) is 15.2. The largest absolute Gasteiger partial charge is 0.504 e. The van der Waals surface area contributed by atoms with Gasteiger partial charge in [0.15, 0.2) is 5.75 Å². The summed E-state index contributed by atoms with van der Waals surface area (Å²) in [6.45, 7) is 2.05. The summed E-state index contributed by atoms with van der Waals surface area (Å²) in [5.74, 6) is 0.193. The van der Waals surface area contributed by atoms with Crippen LogP contribution in [0.1, 0.15) is 5.56 Å². The summed E-state index contributed by atoms with van der Waals surface area (Å²) < 4.78 is 1.81. The summed E-state index contributed by atoms with van der Waals surface area (Å²) in [6.07, 6.45) is 0. The lowest BCUT2D eigenvalue weighted by Crippen LogP contribution is -1.99. The van der Waals surface area contributed by atoms with Gasteiger partial charge in [0.25, 0.3) is 0 Å². The van der Waals surface area contributed by atoms with Crippen molar-refractivity contribution in [1.29, 1.82) is 0 Å². The van der Waals surface area contributed by atoms with Crippen molar-refractivity contribution in [3.8, 4) is 34.0 Å². The number of hydrogen-bond donors (Lipinski definition) is 1. The maximum atomic E-state index is 11.0. The van der Waals surface area contributed by atoms with Crippen molar-refractivity contribution >= 4 is 0 Å². The average Bonchev–Trinajstić information content (AvgIpc) is 3.01. The Hall–Kier alpha value is -3.33. The predicted octanol–water partition coefficient (Wildman–Crippen LogP) is 5.22. The lowest BCUT2D eigenvalue weighted by Gasteiger charge is -2.08. The van der Waals surface area contributed by atoms with Crippen molar-refractivity contribution in [2.45, 2.75) is 6.92 Å². The van der Waals surface area contributed by atoms with Gasteiger partial charge in [-0.1, -0.05) is 78.4 Å². The summed E-state index contributed by atoms with van der Waals surface area (Å²) in [5, 5.41) is 15.7. The molecule has 1 heterocycles. The molecule has 0 atom stereocenters. The van der Waals surface area contributed by atoms with E-state index in [4.69, 9.17) is 5.10 Å². The van der Waals surface area contributed by atoms with Crippen LogP contribution in [0.2, 0.25) is 0 Å². The number of aromatic nitrogens is 2. The van der Waals surface area contributed by atoms with E-state index in [0.29, 0.717) is 11.4 Å². The molecular weight excluding hydrogens is 308 g/mol. The van der Waals surface area contributed by atoms with Crippen LogP contribution in [0.4, 0.5) is 0 Å². The molecule has 3 heteroatoms. The van der Waals surface area contributed by atoms with Gasteiger partial charge >= 0.3 is 0 Å². The zero-order valence-electron chi connectivity index (χ0n) is 13.9. The number of benzene rings is 3. The van der Waals surface area contributed by atoms with Crippen LogP contribution in [-0.4, -0.2) is 14.9 Å². The maximum Gasteiger partial charge on any atom is 0.170 e. The van der Waals surface area contributed by atoms with E-state index >= 15 is 0 Å². The van der Waals surface area contributed by atoms with Crippen molar-refractivity contribution in [3.63, 3.8) is 0 Å². The molecule has 0 fully saturated rings. The van der Waals surface area contributed by atoms with Crippen LogP contribution in [0.25, 0.3) is 28.2 Å². The second-order valence-electron chi connectivity index (χ2n) is 6.03. The Kier molecular flexibility index (Phi) is 3.82. The second kappa shape index (κ2) is 6.29. The molecule has 0 aliphatic heterocycles. The van der Waals surface area contributed by atoms with Crippen LogP contribution >= 0.6 is 0 Å². The Morgan fingerprint density at radius 3 is 1.96 bits per heavy atom. The van der Waals surface area contributed by atoms with Gasteiger partial charge in [-0.05, 0) is 19.1 Å². The predicted molar refractivity (Wildman–Crippen MR) is 101 cm³/mol. The average molecular weight is 326 g/mol. The van der Waals surface area contributed by atoms with Crippen LogP contribution in [0.15, 0.2) is 84.9 Å². The molecule has 0 saturated carbocycles. The molecule has 3 nitrogen and oxygen atoms in total. The normalized spacial score (nSPS) is 10.8. The molecule has 0 radical (unpaired) electrons. The molecule has 3 aromatic carbocycles. The van der Waals surface area contributed by atoms with E-state index < -0.39 is 0 Å². The lowest BCUT2D eigenvalue weighted by molar-refractivity contribution is 0.479. The first-order valence-electron chi connectivity index (χ1n) is 8.24. The lowest BCUT2D eigenvalue weighted by atomic mass is 10.1. The minimum atomic E-state index is 0.193. The molecule has 4 aromatic rings. The van der Waals surface area contributed by atoms with Gasteiger partial charge in [-0.3, -0.25) is 0 Å². The molecule has 0 aliphatic carbocycles. The van der Waals surface area contributed by atoms with Crippen LogP contribution in [0.3, 0.4) is 0 Å². The zero-order valence-corrected chi connectivity index (χ0v) is 13.9. The molecule has 0 aliphatic rings. The van der Waals surface area contributed by atoms with Gasteiger partial charge < -0.3 is 5.11 Å². The standard InChI is InChI=1S/C22H18N2O/c1-16-12-14-18(15-13-16)21-22(25)20(17-8-4-2-5-9-17)23-24(21)19-10-6-3-7-11-19/h2-15,25H,1H3. The number of rotatable bonds is 3. The van der Waals surface area contributed by atoms with Crippen molar-refractivity contribution in [2.75, 3.05) is 0 Å². The van der Waals surface area contributed by atoms with E-state index in [0.717, 1.165) is 16.8 Å². The number of hydrogen-bond acceptors (Lipinski definition) is 2. The molecule has 4 rings (SSSR count). The molecule has 0 saturated heterocycles. The molecule has 1 N–H and O–H groups in total. The molecule has 122 valence electrons. The highest BCUT2D eigenvalue weighted by Crippen LogP contribution is 2.39. The number of para-hydroxylation sites is 1. The van der Waals surface area contributed by atoms with Crippen molar-refractivity contribution in [3.05, 3.63) is 90.5 Å². The minimum absolute atomic E-state index is 0.193. The van der Waals surface area contributed by atoms with Gasteiger partial charge in [-0.25, -0.2) is 4.68 Å². The summed E-state index contributed by atoms with van der Waals surface area (Å²) in [7, 11) is 0. The molecular formula is C22H18N2O. The van der Waals surface area contributed by atoms with Gasteiger partial charge in [0.2, 0.25) is 0 Å². The van der Waals surface area contributed by atoms with Gasteiger partial charge in [0, 0.05) is 11.1 Å². The van der Waals surface area contributed by atoms with Crippen molar-refractivity contribution < 1.29 is 5.11 Å². The Balaban J connectivity index is 1.97.